The Morgan fingerprint density at radius 2 is 1.79 bits per heavy atom. The minimum Gasteiger partial charge on any atom is -0.496 e. The lowest BCUT2D eigenvalue weighted by Crippen LogP contribution is -2.45. The molecule has 1 aliphatic heterocycles. The van der Waals surface area contributed by atoms with Crippen molar-refractivity contribution in [3.8, 4) is 5.75 Å². The number of carbonyl (C=O) groups is 2. The summed E-state index contributed by atoms with van der Waals surface area (Å²) in [4.78, 5) is 34.7. The van der Waals surface area contributed by atoms with Gasteiger partial charge in [0.15, 0.2) is 0 Å². The summed E-state index contributed by atoms with van der Waals surface area (Å²) in [7, 11) is 1.56. The third-order valence-corrected chi connectivity index (χ3v) is 4.74. The summed E-state index contributed by atoms with van der Waals surface area (Å²) < 4.78 is 5.44. The van der Waals surface area contributed by atoms with E-state index in [0.29, 0.717) is 36.3 Å². The van der Waals surface area contributed by atoms with Crippen molar-refractivity contribution in [2.24, 2.45) is 0 Å². The molecule has 0 radical (unpaired) electrons. The first kappa shape index (κ1) is 17.9. The molecule has 142 valence electrons. The maximum atomic E-state index is 13.2. The zero-order valence-electron chi connectivity index (χ0n) is 15.8. The largest absolute Gasteiger partial charge is 0.496 e. The first-order chi connectivity index (χ1) is 13.6. The summed E-state index contributed by atoms with van der Waals surface area (Å²) in [5, 5.41) is 3.77. The summed E-state index contributed by atoms with van der Waals surface area (Å²) in [6.07, 6.45) is 3.92. The van der Waals surface area contributed by atoms with E-state index in [2.05, 4.69) is 9.97 Å². The predicted molar refractivity (Wildman–Crippen MR) is 104 cm³/mol. The van der Waals surface area contributed by atoms with Gasteiger partial charge in [0.2, 0.25) is 0 Å². The van der Waals surface area contributed by atoms with Crippen LogP contribution in [0.1, 0.15) is 32.8 Å². The number of hydrazine groups is 1. The van der Waals surface area contributed by atoms with E-state index in [4.69, 9.17) is 4.74 Å². The quantitative estimate of drug-likeness (QED) is 0.703. The Kier molecular flexibility index (Phi) is 4.65. The molecule has 0 atom stereocenters. The van der Waals surface area contributed by atoms with Crippen LogP contribution in [-0.2, 0) is 0 Å². The Balaban J connectivity index is 1.67. The van der Waals surface area contributed by atoms with Gasteiger partial charge in [-0.15, -0.1) is 0 Å². The van der Waals surface area contributed by atoms with Crippen LogP contribution < -0.4 is 4.74 Å². The summed E-state index contributed by atoms with van der Waals surface area (Å²) >= 11 is 0. The fraction of sp³-hybridized carbons (Fsp3) is 0.238. The first-order valence-electron chi connectivity index (χ1n) is 9.07. The molecular formula is C21H20N4O3. The van der Waals surface area contributed by atoms with Gasteiger partial charge in [0, 0.05) is 36.9 Å². The number of ether oxygens (including phenoxy) is 1. The molecule has 0 bridgehead atoms. The molecule has 3 heterocycles. The molecule has 0 aliphatic carbocycles. The Morgan fingerprint density at radius 1 is 1.04 bits per heavy atom. The van der Waals surface area contributed by atoms with Gasteiger partial charge in [0.05, 0.1) is 18.2 Å². The maximum Gasteiger partial charge on any atom is 0.291 e. The minimum absolute atomic E-state index is 0.241. The molecule has 4 rings (SSSR count). The third kappa shape index (κ3) is 3.15. The molecule has 0 spiro atoms. The zero-order chi connectivity index (χ0) is 19.7. The van der Waals surface area contributed by atoms with Crippen molar-refractivity contribution in [2.75, 3.05) is 20.2 Å². The second kappa shape index (κ2) is 7.26. The van der Waals surface area contributed by atoms with Crippen molar-refractivity contribution < 1.29 is 14.3 Å². The second-order valence-electron chi connectivity index (χ2n) is 6.69. The normalized spacial score (nSPS) is 13.8. The van der Waals surface area contributed by atoms with E-state index in [-0.39, 0.29) is 17.5 Å². The number of pyridine rings is 2. The fourth-order valence-corrected chi connectivity index (χ4v) is 3.41. The standard InChI is InChI=1S/C21H20N4O3/c1-14-10-15(13-22-12-14)20(26)24-8-5-9-25(24)21(27)18-11-19(28-2)16-6-3-4-7-17(16)23-18/h3-4,6-7,10-13H,5,8-9H2,1-2H3. The Hall–Kier alpha value is -3.48. The van der Waals surface area contributed by atoms with Crippen LogP contribution in [-0.4, -0.2) is 52.0 Å². The van der Waals surface area contributed by atoms with Crippen LogP contribution in [0.3, 0.4) is 0 Å². The monoisotopic (exact) mass is 376 g/mol. The second-order valence-corrected chi connectivity index (χ2v) is 6.69. The van der Waals surface area contributed by atoms with Gasteiger partial charge in [-0.2, -0.15) is 0 Å². The number of hydrogen-bond donors (Lipinski definition) is 0. The van der Waals surface area contributed by atoms with Gasteiger partial charge in [0.1, 0.15) is 11.4 Å². The van der Waals surface area contributed by atoms with Crippen LogP contribution >= 0.6 is 0 Å². The lowest BCUT2D eigenvalue weighted by atomic mass is 10.1. The van der Waals surface area contributed by atoms with E-state index in [1.54, 1.807) is 25.4 Å². The molecular weight excluding hydrogens is 356 g/mol. The lowest BCUT2D eigenvalue weighted by molar-refractivity contribution is 0.0182. The zero-order valence-corrected chi connectivity index (χ0v) is 15.8. The maximum absolute atomic E-state index is 13.2. The van der Waals surface area contributed by atoms with Crippen molar-refractivity contribution in [3.05, 3.63) is 65.6 Å². The average Bonchev–Trinajstić information content (AvgIpc) is 3.21. The summed E-state index contributed by atoms with van der Waals surface area (Å²) in [6, 6.07) is 10.9. The van der Waals surface area contributed by atoms with E-state index >= 15 is 0 Å². The predicted octanol–water partition coefficient (Wildman–Crippen LogP) is 2.85. The van der Waals surface area contributed by atoms with Crippen LogP contribution in [0.4, 0.5) is 0 Å². The molecule has 7 heteroatoms. The molecule has 1 saturated heterocycles. The van der Waals surface area contributed by atoms with Gasteiger partial charge >= 0.3 is 0 Å². The van der Waals surface area contributed by atoms with Crippen LogP contribution in [0.15, 0.2) is 48.8 Å². The molecule has 7 nitrogen and oxygen atoms in total. The van der Waals surface area contributed by atoms with E-state index < -0.39 is 0 Å². The summed E-state index contributed by atoms with van der Waals surface area (Å²) in [5.74, 6) is 0.0132. The van der Waals surface area contributed by atoms with Gasteiger partial charge in [0.25, 0.3) is 11.8 Å². The van der Waals surface area contributed by atoms with E-state index in [1.165, 1.54) is 16.2 Å². The number of aryl methyl sites for hydroxylation is 1. The molecule has 2 amide bonds. The number of amides is 2. The molecule has 0 unspecified atom stereocenters. The topological polar surface area (TPSA) is 75.6 Å². The highest BCUT2D eigenvalue weighted by Crippen LogP contribution is 2.26. The van der Waals surface area contributed by atoms with Crippen molar-refractivity contribution in [1.82, 2.24) is 20.0 Å². The molecule has 1 aliphatic rings. The number of hydrogen-bond acceptors (Lipinski definition) is 5. The average molecular weight is 376 g/mol. The molecule has 3 aromatic rings. The first-order valence-corrected chi connectivity index (χ1v) is 9.07. The number of para-hydroxylation sites is 1. The highest BCUT2D eigenvalue weighted by molar-refractivity contribution is 6.00. The molecule has 28 heavy (non-hydrogen) atoms. The smallest absolute Gasteiger partial charge is 0.291 e. The number of rotatable bonds is 3. The van der Waals surface area contributed by atoms with Gasteiger partial charge in [-0.25, -0.2) is 15.0 Å². The molecule has 1 aromatic carbocycles. The van der Waals surface area contributed by atoms with Crippen LogP contribution in [0.25, 0.3) is 10.9 Å². The van der Waals surface area contributed by atoms with Gasteiger partial charge < -0.3 is 4.74 Å². The van der Waals surface area contributed by atoms with Crippen molar-refractivity contribution >= 4 is 22.7 Å². The van der Waals surface area contributed by atoms with E-state index in [0.717, 1.165) is 10.9 Å². The SMILES string of the molecule is COc1cc(C(=O)N2CCCN2C(=O)c2cncc(C)c2)nc2ccccc12. The number of aromatic nitrogens is 2. The van der Waals surface area contributed by atoms with Crippen LogP contribution in [0.2, 0.25) is 0 Å². The van der Waals surface area contributed by atoms with Gasteiger partial charge in [-0.1, -0.05) is 12.1 Å². The van der Waals surface area contributed by atoms with E-state index in [1.807, 2.05) is 31.2 Å². The number of methoxy groups -OCH3 is 1. The van der Waals surface area contributed by atoms with Crippen molar-refractivity contribution in [2.45, 2.75) is 13.3 Å². The fourth-order valence-electron chi connectivity index (χ4n) is 3.41. The molecule has 0 saturated carbocycles. The highest BCUT2D eigenvalue weighted by atomic mass is 16.5. The number of nitrogens with zero attached hydrogens (tertiary/aromatic N) is 4. The van der Waals surface area contributed by atoms with Gasteiger partial charge in [-0.3, -0.25) is 14.6 Å². The number of benzene rings is 1. The third-order valence-electron chi connectivity index (χ3n) is 4.74. The minimum atomic E-state index is -0.324. The molecule has 2 aromatic heterocycles. The number of fused-ring (bicyclic) bond motifs is 1. The Bertz CT molecular complexity index is 1070. The Morgan fingerprint density at radius 3 is 2.54 bits per heavy atom. The Labute approximate surface area is 162 Å². The van der Waals surface area contributed by atoms with E-state index in [9.17, 15) is 9.59 Å². The highest BCUT2D eigenvalue weighted by Gasteiger charge is 2.33. The number of carbonyl (C=O) groups excluding carboxylic acids is 2. The lowest BCUT2D eigenvalue weighted by Gasteiger charge is -2.27. The van der Waals surface area contributed by atoms with Gasteiger partial charge in [-0.05, 0) is 37.1 Å². The summed E-state index contributed by atoms with van der Waals surface area (Å²) in [6.45, 7) is 2.81. The van der Waals surface area contributed by atoms with Crippen LogP contribution in [0.5, 0.6) is 5.75 Å². The van der Waals surface area contributed by atoms with Crippen LogP contribution in [0, 0.1) is 6.92 Å². The van der Waals surface area contributed by atoms with Crippen molar-refractivity contribution in [3.63, 3.8) is 0 Å². The van der Waals surface area contributed by atoms with Crippen molar-refractivity contribution in [1.29, 1.82) is 0 Å². The molecule has 1 fully saturated rings. The summed E-state index contributed by atoms with van der Waals surface area (Å²) in [5.41, 5.74) is 2.27. The molecule has 0 N–H and O–H groups in total.